The van der Waals surface area contributed by atoms with E-state index in [9.17, 15) is 0 Å². The van der Waals surface area contributed by atoms with E-state index in [1.807, 2.05) is 11.3 Å². The Kier molecular flexibility index (Phi) is 7.89. The average molecular weight is 337 g/mol. The summed E-state index contributed by atoms with van der Waals surface area (Å²) < 4.78 is 0. The second-order valence-electron chi connectivity index (χ2n) is 6.22. The number of nitrogens with zero attached hydrogens (tertiary/aromatic N) is 3. The van der Waals surface area contributed by atoms with E-state index in [1.54, 1.807) is 0 Å². The SMILES string of the molecule is CCNC(=NCC1CCCCN1CC)N(C)CCc1cccs1. The first-order chi connectivity index (χ1) is 11.2. The third-order valence-electron chi connectivity index (χ3n) is 4.58. The van der Waals surface area contributed by atoms with Gasteiger partial charge in [-0.05, 0) is 50.7 Å². The van der Waals surface area contributed by atoms with Gasteiger partial charge in [-0.25, -0.2) is 0 Å². The number of guanidine groups is 1. The molecule has 130 valence electrons. The van der Waals surface area contributed by atoms with Gasteiger partial charge in [-0.3, -0.25) is 9.89 Å². The zero-order valence-electron chi connectivity index (χ0n) is 14.9. The van der Waals surface area contributed by atoms with Crippen LogP contribution in [0.25, 0.3) is 0 Å². The molecule has 0 amide bonds. The Balaban J connectivity index is 1.89. The number of likely N-dealkylation sites (tertiary alicyclic amines) is 1. The van der Waals surface area contributed by atoms with Crippen molar-refractivity contribution in [2.75, 3.05) is 39.8 Å². The fourth-order valence-corrected chi connectivity index (χ4v) is 3.88. The van der Waals surface area contributed by atoms with Crippen LogP contribution in [-0.2, 0) is 6.42 Å². The molecule has 1 aromatic rings. The molecule has 2 rings (SSSR count). The van der Waals surface area contributed by atoms with E-state index in [-0.39, 0.29) is 0 Å². The van der Waals surface area contributed by atoms with Gasteiger partial charge in [0, 0.05) is 31.1 Å². The molecular weight excluding hydrogens is 304 g/mol. The summed E-state index contributed by atoms with van der Waals surface area (Å²) in [5.74, 6) is 1.05. The summed E-state index contributed by atoms with van der Waals surface area (Å²) in [6.07, 6.45) is 5.06. The molecular formula is C18H32N4S. The minimum absolute atomic E-state index is 0.619. The molecule has 1 unspecified atom stereocenters. The van der Waals surface area contributed by atoms with Gasteiger partial charge in [0.25, 0.3) is 0 Å². The van der Waals surface area contributed by atoms with E-state index in [2.05, 4.69) is 53.5 Å². The Morgan fingerprint density at radius 1 is 1.43 bits per heavy atom. The molecule has 1 aromatic heterocycles. The number of hydrogen-bond donors (Lipinski definition) is 1. The van der Waals surface area contributed by atoms with E-state index < -0.39 is 0 Å². The molecule has 0 spiro atoms. The highest BCUT2D eigenvalue weighted by atomic mass is 32.1. The summed E-state index contributed by atoms with van der Waals surface area (Å²) in [6.45, 7) is 9.63. The van der Waals surface area contributed by atoms with Gasteiger partial charge >= 0.3 is 0 Å². The highest BCUT2D eigenvalue weighted by Crippen LogP contribution is 2.17. The van der Waals surface area contributed by atoms with Gasteiger partial charge in [0.15, 0.2) is 5.96 Å². The van der Waals surface area contributed by atoms with Gasteiger partial charge in [0.1, 0.15) is 0 Å². The van der Waals surface area contributed by atoms with Crippen LogP contribution in [-0.4, -0.2) is 61.6 Å². The van der Waals surface area contributed by atoms with Crippen LogP contribution in [0, 0.1) is 0 Å². The molecule has 1 fully saturated rings. The molecule has 23 heavy (non-hydrogen) atoms. The van der Waals surface area contributed by atoms with Crippen molar-refractivity contribution in [3.8, 4) is 0 Å². The first-order valence-electron chi connectivity index (χ1n) is 9.00. The average Bonchev–Trinajstić information content (AvgIpc) is 3.10. The monoisotopic (exact) mass is 336 g/mol. The minimum Gasteiger partial charge on any atom is -0.357 e. The van der Waals surface area contributed by atoms with Gasteiger partial charge in [0.2, 0.25) is 0 Å². The maximum atomic E-state index is 4.93. The summed E-state index contributed by atoms with van der Waals surface area (Å²) in [7, 11) is 2.15. The van der Waals surface area contributed by atoms with Gasteiger partial charge in [-0.2, -0.15) is 0 Å². The highest BCUT2D eigenvalue weighted by molar-refractivity contribution is 7.09. The van der Waals surface area contributed by atoms with Crippen molar-refractivity contribution in [3.05, 3.63) is 22.4 Å². The summed E-state index contributed by atoms with van der Waals surface area (Å²) in [5.41, 5.74) is 0. The van der Waals surface area contributed by atoms with Crippen LogP contribution in [0.1, 0.15) is 38.0 Å². The van der Waals surface area contributed by atoms with E-state index in [0.717, 1.165) is 38.6 Å². The van der Waals surface area contributed by atoms with Crippen molar-refractivity contribution in [2.45, 2.75) is 45.6 Å². The van der Waals surface area contributed by atoms with Crippen molar-refractivity contribution in [3.63, 3.8) is 0 Å². The van der Waals surface area contributed by atoms with E-state index in [4.69, 9.17) is 4.99 Å². The van der Waals surface area contributed by atoms with Crippen LogP contribution in [0.5, 0.6) is 0 Å². The Bertz CT molecular complexity index is 458. The van der Waals surface area contributed by atoms with Crippen LogP contribution in [0.4, 0.5) is 0 Å². The molecule has 2 heterocycles. The number of hydrogen-bond acceptors (Lipinski definition) is 3. The number of piperidine rings is 1. The van der Waals surface area contributed by atoms with Gasteiger partial charge in [0.05, 0.1) is 6.54 Å². The van der Waals surface area contributed by atoms with Gasteiger partial charge in [-0.15, -0.1) is 11.3 Å². The lowest BCUT2D eigenvalue weighted by Gasteiger charge is -2.34. The molecule has 1 aliphatic heterocycles. The maximum Gasteiger partial charge on any atom is 0.193 e. The van der Waals surface area contributed by atoms with E-state index in [0.29, 0.717) is 6.04 Å². The molecule has 4 nitrogen and oxygen atoms in total. The van der Waals surface area contributed by atoms with Gasteiger partial charge in [-0.1, -0.05) is 19.4 Å². The largest absolute Gasteiger partial charge is 0.357 e. The summed E-state index contributed by atoms with van der Waals surface area (Å²) in [4.78, 5) is 11.2. The first kappa shape index (κ1) is 18.3. The van der Waals surface area contributed by atoms with Crippen molar-refractivity contribution in [1.29, 1.82) is 0 Å². The first-order valence-corrected chi connectivity index (χ1v) is 9.88. The lowest BCUT2D eigenvalue weighted by Crippen LogP contribution is -2.44. The molecule has 0 aliphatic carbocycles. The standard InChI is InChI=1S/C18H32N4S/c1-4-19-18(21(3)13-11-17-10-8-14-23-17)20-15-16-9-6-7-12-22(16)5-2/h8,10,14,16H,4-7,9,11-13,15H2,1-3H3,(H,19,20). The lowest BCUT2D eigenvalue weighted by atomic mass is 10.0. The highest BCUT2D eigenvalue weighted by Gasteiger charge is 2.20. The summed E-state index contributed by atoms with van der Waals surface area (Å²) in [6, 6.07) is 4.96. The molecule has 1 atom stereocenters. The van der Waals surface area contributed by atoms with E-state index in [1.165, 1.54) is 30.7 Å². The van der Waals surface area contributed by atoms with Crippen LogP contribution in [0.15, 0.2) is 22.5 Å². The number of likely N-dealkylation sites (N-methyl/N-ethyl adjacent to an activating group) is 2. The second-order valence-corrected chi connectivity index (χ2v) is 7.26. The predicted octanol–water partition coefficient (Wildman–Crippen LogP) is 3.06. The summed E-state index contributed by atoms with van der Waals surface area (Å²) in [5, 5.41) is 5.60. The Hall–Kier alpha value is -1.07. The smallest absolute Gasteiger partial charge is 0.193 e. The second kappa shape index (κ2) is 9.93. The van der Waals surface area contributed by atoms with Crippen molar-refractivity contribution in [2.24, 2.45) is 4.99 Å². The third kappa shape index (κ3) is 5.81. The Morgan fingerprint density at radius 2 is 2.30 bits per heavy atom. The molecule has 5 heteroatoms. The zero-order valence-corrected chi connectivity index (χ0v) is 15.7. The number of rotatable bonds is 7. The molecule has 0 saturated carbocycles. The normalized spacial score (nSPS) is 19.8. The number of thiophene rings is 1. The molecule has 0 radical (unpaired) electrons. The van der Waals surface area contributed by atoms with Crippen molar-refractivity contribution >= 4 is 17.3 Å². The quantitative estimate of drug-likeness (QED) is 0.613. The van der Waals surface area contributed by atoms with Gasteiger partial charge < -0.3 is 10.2 Å². The Morgan fingerprint density at radius 3 is 3.00 bits per heavy atom. The van der Waals surface area contributed by atoms with Crippen LogP contribution >= 0.6 is 11.3 Å². The third-order valence-corrected chi connectivity index (χ3v) is 5.51. The molecule has 1 aliphatic rings. The van der Waals surface area contributed by atoms with Crippen LogP contribution < -0.4 is 5.32 Å². The van der Waals surface area contributed by atoms with Crippen LogP contribution in [0.2, 0.25) is 0 Å². The Labute approximate surface area is 145 Å². The fraction of sp³-hybridized carbons (Fsp3) is 0.722. The molecule has 0 aromatic carbocycles. The number of nitrogens with one attached hydrogen (secondary N) is 1. The summed E-state index contributed by atoms with van der Waals surface area (Å²) >= 11 is 1.84. The topological polar surface area (TPSA) is 30.9 Å². The predicted molar refractivity (Wildman–Crippen MR) is 102 cm³/mol. The van der Waals surface area contributed by atoms with Crippen molar-refractivity contribution in [1.82, 2.24) is 15.1 Å². The van der Waals surface area contributed by atoms with E-state index >= 15 is 0 Å². The lowest BCUT2D eigenvalue weighted by molar-refractivity contribution is 0.161. The van der Waals surface area contributed by atoms with Crippen LogP contribution in [0.3, 0.4) is 0 Å². The molecule has 0 bridgehead atoms. The fourth-order valence-electron chi connectivity index (χ4n) is 3.18. The minimum atomic E-state index is 0.619. The molecule has 1 saturated heterocycles. The van der Waals surface area contributed by atoms with Crippen molar-refractivity contribution < 1.29 is 0 Å². The maximum absolute atomic E-state index is 4.93. The number of aliphatic imine (C=N–C) groups is 1. The zero-order chi connectivity index (χ0) is 16.5. The molecule has 1 N–H and O–H groups in total.